The fraction of sp³-hybridized carbons (Fsp3) is 0.0769. The molecule has 0 spiro atoms. The van der Waals surface area contributed by atoms with Crippen molar-refractivity contribution in [2.75, 3.05) is 7.11 Å². The van der Waals surface area contributed by atoms with Crippen LogP contribution in [0.3, 0.4) is 0 Å². The molecule has 2 radical (unpaired) electrons. The molecule has 0 aliphatic rings. The molecule has 0 aliphatic carbocycles. The van der Waals surface area contributed by atoms with E-state index in [1.807, 2.05) is 0 Å². The van der Waals surface area contributed by atoms with E-state index in [-0.39, 0.29) is 5.88 Å². The maximum absolute atomic E-state index is 10.8. The Bertz CT molecular complexity index is 602. The Balaban J connectivity index is 2.58. The summed E-state index contributed by atoms with van der Waals surface area (Å²) in [6.45, 7) is 0. The highest BCUT2D eigenvalue weighted by Crippen LogP contribution is 2.27. The second-order valence-corrected chi connectivity index (χ2v) is 4.00. The van der Waals surface area contributed by atoms with Crippen molar-refractivity contribution in [3.05, 3.63) is 40.9 Å². The fourth-order valence-corrected chi connectivity index (χ4v) is 1.82. The molecule has 2 rings (SSSR count). The van der Waals surface area contributed by atoms with Crippen LogP contribution in [0.2, 0.25) is 5.02 Å². The second-order valence-electron chi connectivity index (χ2n) is 3.62. The number of aromatic nitrogens is 1. The Morgan fingerprint density at radius 2 is 2.11 bits per heavy atom. The summed E-state index contributed by atoms with van der Waals surface area (Å²) in [5.41, 5.74) is 2.18. The van der Waals surface area contributed by atoms with Crippen LogP contribution >= 0.6 is 11.6 Å². The van der Waals surface area contributed by atoms with Crippen LogP contribution in [0.4, 0.5) is 0 Å². The van der Waals surface area contributed by atoms with Gasteiger partial charge in [0.2, 0.25) is 5.88 Å². The SMILES string of the molecule is [B]c1cccc(-c2ccc(C=O)c(OC)n2)c1Cl. The first kappa shape index (κ1) is 12.6. The van der Waals surface area contributed by atoms with Gasteiger partial charge in [0.05, 0.1) is 18.4 Å². The number of rotatable bonds is 3. The Labute approximate surface area is 111 Å². The van der Waals surface area contributed by atoms with Crippen molar-refractivity contribution in [1.29, 1.82) is 0 Å². The molecule has 5 heteroatoms. The number of ether oxygens (including phenoxy) is 1. The largest absolute Gasteiger partial charge is 0.480 e. The Morgan fingerprint density at radius 3 is 2.78 bits per heavy atom. The molecule has 1 aromatic carbocycles. The van der Waals surface area contributed by atoms with Crippen molar-refractivity contribution in [3.8, 4) is 17.1 Å². The molecule has 1 heterocycles. The normalized spacial score (nSPS) is 10.1. The molecule has 0 fully saturated rings. The first-order chi connectivity index (χ1) is 8.67. The molecule has 88 valence electrons. The first-order valence-corrected chi connectivity index (χ1v) is 5.59. The van der Waals surface area contributed by atoms with Gasteiger partial charge in [-0.25, -0.2) is 4.98 Å². The van der Waals surface area contributed by atoms with Crippen LogP contribution < -0.4 is 10.2 Å². The fourth-order valence-electron chi connectivity index (χ4n) is 1.60. The molecule has 0 aliphatic heterocycles. The highest BCUT2D eigenvalue weighted by molar-refractivity contribution is 6.46. The van der Waals surface area contributed by atoms with E-state index in [0.29, 0.717) is 33.6 Å². The summed E-state index contributed by atoms with van der Waals surface area (Å²) in [4.78, 5) is 15.0. The molecule has 0 atom stereocenters. The van der Waals surface area contributed by atoms with Crippen LogP contribution in [-0.4, -0.2) is 26.2 Å². The summed E-state index contributed by atoms with van der Waals surface area (Å²) >= 11 is 6.12. The number of carbonyl (C=O) groups is 1. The Kier molecular flexibility index (Phi) is 3.67. The topological polar surface area (TPSA) is 39.2 Å². The number of aldehydes is 1. The molecule has 1 aromatic heterocycles. The van der Waals surface area contributed by atoms with E-state index >= 15 is 0 Å². The van der Waals surface area contributed by atoms with Gasteiger partial charge in [-0.3, -0.25) is 4.79 Å². The molecule has 18 heavy (non-hydrogen) atoms. The third-order valence-electron chi connectivity index (χ3n) is 2.51. The van der Waals surface area contributed by atoms with Crippen LogP contribution in [-0.2, 0) is 0 Å². The Hall–Kier alpha value is -1.81. The number of methoxy groups -OCH3 is 1. The number of pyridine rings is 1. The minimum atomic E-state index is 0.265. The minimum absolute atomic E-state index is 0.265. The van der Waals surface area contributed by atoms with Crippen molar-refractivity contribution < 1.29 is 9.53 Å². The lowest BCUT2D eigenvalue weighted by molar-refractivity contribution is 0.112. The van der Waals surface area contributed by atoms with Gasteiger partial charge in [0.25, 0.3) is 0 Å². The summed E-state index contributed by atoms with van der Waals surface area (Å²) in [7, 11) is 7.20. The summed E-state index contributed by atoms with van der Waals surface area (Å²) in [5, 5.41) is 0.436. The lowest BCUT2D eigenvalue weighted by atomic mass is 9.93. The van der Waals surface area contributed by atoms with Crippen molar-refractivity contribution in [3.63, 3.8) is 0 Å². The number of benzene rings is 1. The average Bonchev–Trinajstić information content (AvgIpc) is 2.41. The van der Waals surface area contributed by atoms with E-state index in [1.54, 1.807) is 30.3 Å². The molecule has 0 amide bonds. The van der Waals surface area contributed by atoms with Gasteiger partial charge in [0.1, 0.15) is 7.85 Å². The second kappa shape index (κ2) is 5.23. The summed E-state index contributed by atoms with van der Waals surface area (Å²) in [5.74, 6) is 0.265. The monoisotopic (exact) mass is 257 g/mol. The van der Waals surface area contributed by atoms with Gasteiger partial charge in [0, 0.05) is 10.6 Å². The zero-order chi connectivity index (χ0) is 13.1. The lowest BCUT2D eigenvalue weighted by Gasteiger charge is -2.09. The third kappa shape index (κ3) is 2.24. The van der Waals surface area contributed by atoms with Crippen molar-refractivity contribution in [2.24, 2.45) is 0 Å². The number of hydrogen-bond donors (Lipinski definition) is 0. The molecular weight excluding hydrogens is 248 g/mol. The molecular formula is C13H9BClNO2. The highest BCUT2D eigenvalue weighted by Gasteiger charge is 2.10. The van der Waals surface area contributed by atoms with E-state index in [0.717, 1.165) is 0 Å². The molecule has 0 saturated heterocycles. The predicted molar refractivity (Wildman–Crippen MR) is 72.0 cm³/mol. The number of nitrogens with zero attached hydrogens (tertiary/aromatic N) is 1. The van der Waals surface area contributed by atoms with Crippen molar-refractivity contribution in [1.82, 2.24) is 4.98 Å². The quantitative estimate of drug-likeness (QED) is 0.624. The van der Waals surface area contributed by atoms with E-state index in [4.69, 9.17) is 24.2 Å². The molecule has 0 N–H and O–H groups in total. The molecule has 0 bridgehead atoms. The van der Waals surface area contributed by atoms with E-state index in [2.05, 4.69) is 4.98 Å². The van der Waals surface area contributed by atoms with Crippen LogP contribution in [0.1, 0.15) is 10.4 Å². The maximum atomic E-state index is 10.8. The number of halogens is 1. The van der Waals surface area contributed by atoms with Gasteiger partial charge < -0.3 is 4.74 Å². The van der Waals surface area contributed by atoms with Gasteiger partial charge in [-0.05, 0) is 12.1 Å². The van der Waals surface area contributed by atoms with Gasteiger partial charge in [-0.1, -0.05) is 35.3 Å². The zero-order valence-corrected chi connectivity index (χ0v) is 10.4. The van der Waals surface area contributed by atoms with Gasteiger partial charge in [-0.15, -0.1) is 0 Å². The molecule has 2 aromatic rings. The smallest absolute Gasteiger partial charge is 0.224 e. The maximum Gasteiger partial charge on any atom is 0.224 e. The lowest BCUT2D eigenvalue weighted by Crippen LogP contribution is -2.05. The molecule has 0 unspecified atom stereocenters. The zero-order valence-electron chi connectivity index (χ0n) is 9.68. The molecule has 3 nitrogen and oxygen atoms in total. The van der Waals surface area contributed by atoms with Crippen LogP contribution in [0.25, 0.3) is 11.3 Å². The van der Waals surface area contributed by atoms with Crippen molar-refractivity contribution >= 4 is 31.2 Å². The van der Waals surface area contributed by atoms with Gasteiger partial charge >= 0.3 is 0 Å². The standard InChI is InChI=1S/C13H9BClNO2/c1-18-13-8(7-17)5-6-11(16-13)9-3-2-4-10(14)12(9)15/h2-7H,1H3. The number of carbonyl (C=O) groups excluding carboxylic acids is 1. The van der Waals surface area contributed by atoms with Crippen molar-refractivity contribution in [2.45, 2.75) is 0 Å². The predicted octanol–water partition coefficient (Wildman–Crippen LogP) is 2.02. The van der Waals surface area contributed by atoms with E-state index < -0.39 is 0 Å². The van der Waals surface area contributed by atoms with Crippen LogP contribution in [0, 0.1) is 0 Å². The van der Waals surface area contributed by atoms with E-state index in [9.17, 15) is 4.79 Å². The van der Waals surface area contributed by atoms with Crippen LogP contribution in [0.15, 0.2) is 30.3 Å². The summed E-state index contributed by atoms with van der Waals surface area (Å²) in [6.07, 6.45) is 0.691. The van der Waals surface area contributed by atoms with E-state index in [1.165, 1.54) is 7.11 Å². The van der Waals surface area contributed by atoms with Crippen LogP contribution in [0.5, 0.6) is 5.88 Å². The average molecular weight is 257 g/mol. The number of hydrogen-bond acceptors (Lipinski definition) is 3. The summed E-state index contributed by atoms with van der Waals surface area (Å²) < 4.78 is 5.05. The Morgan fingerprint density at radius 1 is 1.33 bits per heavy atom. The third-order valence-corrected chi connectivity index (χ3v) is 2.94. The minimum Gasteiger partial charge on any atom is -0.480 e. The summed E-state index contributed by atoms with van der Waals surface area (Å²) in [6, 6.07) is 8.64. The first-order valence-electron chi connectivity index (χ1n) is 5.22. The highest BCUT2D eigenvalue weighted by atomic mass is 35.5. The van der Waals surface area contributed by atoms with Gasteiger partial charge in [-0.2, -0.15) is 0 Å². The molecule has 0 saturated carbocycles. The van der Waals surface area contributed by atoms with Gasteiger partial charge in [0.15, 0.2) is 6.29 Å².